The van der Waals surface area contributed by atoms with Gasteiger partial charge in [0.25, 0.3) is 0 Å². The maximum Gasteiger partial charge on any atom is 0.236 e. The molecule has 0 amide bonds. The average molecular weight is 531 g/mol. The Morgan fingerprint density at radius 2 is 1.38 bits per heavy atom. The molecule has 0 bridgehead atoms. The van der Waals surface area contributed by atoms with Crippen LogP contribution in [0.4, 0.5) is 11.6 Å². The van der Waals surface area contributed by atoms with E-state index >= 15 is 0 Å². The highest BCUT2D eigenvalue weighted by molar-refractivity contribution is 5.64. The molecular formula is C32H34N8. The van der Waals surface area contributed by atoms with Crippen LogP contribution in [0, 0.1) is 5.92 Å². The molecule has 4 heterocycles. The number of nitrogen functional groups attached to an aromatic ring is 1. The van der Waals surface area contributed by atoms with Crippen molar-refractivity contribution in [1.29, 1.82) is 0 Å². The quantitative estimate of drug-likeness (QED) is 0.227. The Hall–Kier alpha value is -4.72. The summed E-state index contributed by atoms with van der Waals surface area (Å²) in [6.45, 7) is 6.53. The third-order valence-corrected chi connectivity index (χ3v) is 7.07. The van der Waals surface area contributed by atoms with E-state index in [1.165, 1.54) is 11.1 Å². The number of hydrogen-bond acceptors (Lipinski definition) is 6. The average Bonchev–Trinajstić information content (AvgIpc) is 3.56. The van der Waals surface area contributed by atoms with E-state index in [4.69, 9.17) is 10.7 Å². The van der Waals surface area contributed by atoms with E-state index in [-0.39, 0.29) is 0 Å². The van der Waals surface area contributed by atoms with Crippen LogP contribution in [0.2, 0.25) is 0 Å². The molecule has 8 heteroatoms. The van der Waals surface area contributed by atoms with Crippen molar-refractivity contribution in [3.63, 3.8) is 0 Å². The van der Waals surface area contributed by atoms with Crippen molar-refractivity contribution in [3.05, 3.63) is 96.6 Å². The number of nitrogens with two attached hydrogens (primary N) is 1. The summed E-state index contributed by atoms with van der Waals surface area (Å²) >= 11 is 0. The molecule has 2 aromatic carbocycles. The number of aromatic nitrogens is 6. The SMILES string of the molecule is CC(CCc1cccc(-c2cn3ccc(NC(C)C)nc3n2)c1)Cc1cccc(-c2cn3ccc(N)nc3n2)c1. The van der Waals surface area contributed by atoms with E-state index < -0.39 is 0 Å². The molecule has 8 nitrogen and oxygen atoms in total. The molecule has 0 aliphatic rings. The predicted molar refractivity (Wildman–Crippen MR) is 161 cm³/mol. The van der Waals surface area contributed by atoms with Gasteiger partial charge in [0.2, 0.25) is 11.6 Å². The first-order valence-corrected chi connectivity index (χ1v) is 13.8. The summed E-state index contributed by atoms with van der Waals surface area (Å²) in [5.74, 6) is 3.16. The second-order valence-corrected chi connectivity index (χ2v) is 10.9. The van der Waals surface area contributed by atoms with Gasteiger partial charge in [0.15, 0.2) is 0 Å². The molecule has 0 saturated heterocycles. The molecule has 0 fully saturated rings. The van der Waals surface area contributed by atoms with Crippen LogP contribution in [0.1, 0.15) is 38.3 Å². The fraction of sp³-hybridized carbons (Fsp3) is 0.250. The highest BCUT2D eigenvalue weighted by Gasteiger charge is 2.11. The Kier molecular flexibility index (Phi) is 6.90. The molecule has 3 N–H and O–H groups in total. The number of aryl methyl sites for hydroxylation is 1. The molecule has 1 atom stereocenters. The third kappa shape index (κ3) is 5.66. The molecule has 6 aromatic rings. The number of nitrogens with one attached hydrogen (secondary N) is 1. The van der Waals surface area contributed by atoms with Gasteiger partial charge in [-0.05, 0) is 74.4 Å². The van der Waals surface area contributed by atoms with Crippen LogP contribution >= 0.6 is 0 Å². The zero-order chi connectivity index (χ0) is 27.6. The third-order valence-electron chi connectivity index (χ3n) is 7.07. The van der Waals surface area contributed by atoms with Crippen molar-refractivity contribution in [2.24, 2.45) is 5.92 Å². The fourth-order valence-electron chi connectivity index (χ4n) is 5.07. The molecule has 0 radical (unpaired) electrons. The number of fused-ring (bicyclic) bond motifs is 2. The van der Waals surface area contributed by atoms with Crippen LogP contribution in [0.15, 0.2) is 85.5 Å². The lowest BCUT2D eigenvalue weighted by molar-refractivity contribution is 0.530. The largest absolute Gasteiger partial charge is 0.384 e. The number of rotatable bonds is 9. The number of nitrogens with zero attached hydrogens (tertiary/aromatic N) is 6. The van der Waals surface area contributed by atoms with Crippen molar-refractivity contribution in [2.45, 2.75) is 46.1 Å². The summed E-state index contributed by atoms with van der Waals surface area (Å²) in [7, 11) is 0. The zero-order valence-electron chi connectivity index (χ0n) is 23.1. The van der Waals surface area contributed by atoms with E-state index in [0.717, 1.165) is 47.6 Å². The Morgan fingerprint density at radius 1 is 0.750 bits per heavy atom. The summed E-state index contributed by atoms with van der Waals surface area (Å²) < 4.78 is 3.88. The Labute approximate surface area is 234 Å². The second-order valence-electron chi connectivity index (χ2n) is 10.9. The van der Waals surface area contributed by atoms with E-state index in [9.17, 15) is 0 Å². The topological polar surface area (TPSA) is 98.4 Å². The summed E-state index contributed by atoms with van der Waals surface area (Å²) in [6.07, 6.45) is 11.1. The summed E-state index contributed by atoms with van der Waals surface area (Å²) in [5.41, 5.74) is 12.5. The van der Waals surface area contributed by atoms with Crippen LogP contribution in [0.3, 0.4) is 0 Å². The minimum Gasteiger partial charge on any atom is -0.384 e. The summed E-state index contributed by atoms with van der Waals surface area (Å²) in [6, 6.07) is 21.4. The lowest BCUT2D eigenvalue weighted by atomic mass is 9.93. The first-order valence-electron chi connectivity index (χ1n) is 13.8. The van der Waals surface area contributed by atoms with E-state index in [2.05, 4.69) is 89.6 Å². The highest BCUT2D eigenvalue weighted by Crippen LogP contribution is 2.25. The molecule has 6 rings (SSSR count). The first-order chi connectivity index (χ1) is 19.4. The van der Waals surface area contributed by atoms with Gasteiger partial charge in [-0.2, -0.15) is 9.97 Å². The van der Waals surface area contributed by atoms with Gasteiger partial charge in [0.1, 0.15) is 11.6 Å². The number of hydrogen-bond donors (Lipinski definition) is 2. The van der Waals surface area contributed by atoms with Gasteiger partial charge in [-0.1, -0.05) is 43.3 Å². The molecule has 40 heavy (non-hydrogen) atoms. The lowest BCUT2D eigenvalue weighted by Gasteiger charge is -2.13. The van der Waals surface area contributed by atoms with Gasteiger partial charge in [-0.3, -0.25) is 8.80 Å². The van der Waals surface area contributed by atoms with Crippen molar-refractivity contribution >= 4 is 23.2 Å². The van der Waals surface area contributed by atoms with Crippen LogP contribution in [-0.2, 0) is 12.8 Å². The van der Waals surface area contributed by atoms with E-state index in [1.54, 1.807) is 6.07 Å². The summed E-state index contributed by atoms with van der Waals surface area (Å²) in [4.78, 5) is 18.4. The van der Waals surface area contributed by atoms with Crippen LogP contribution in [0.25, 0.3) is 34.1 Å². The predicted octanol–water partition coefficient (Wildman–Crippen LogP) is 6.32. The molecule has 202 valence electrons. The molecule has 0 spiro atoms. The highest BCUT2D eigenvalue weighted by atomic mass is 15.1. The number of benzene rings is 2. The standard InChI is InChI=1S/C32H34N8/c1-21(2)34-30-13-15-40-20-27(36-32(40)38-30)25-8-4-6-23(17-25)11-10-22(3)16-24-7-5-9-26(18-24)28-19-39-14-12-29(33)37-31(39)35-28/h4-9,12-15,17-22H,10-11,16H2,1-3H3,(H2,33,35,37)(H,34,36,38). The summed E-state index contributed by atoms with van der Waals surface area (Å²) in [5, 5.41) is 3.34. The lowest BCUT2D eigenvalue weighted by Crippen LogP contribution is -2.11. The van der Waals surface area contributed by atoms with Gasteiger partial charge in [0, 0.05) is 42.0 Å². The normalized spacial score (nSPS) is 12.4. The van der Waals surface area contributed by atoms with Gasteiger partial charge >= 0.3 is 0 Å². The number of anilines is 2. The first kappa shape index (κ1) is 25.6. The smallest absolute Gasteiger partial charge is 0.236 e. The fourth-order valence-corrected chi connectivity index (χ4v) is 5.07. The molecule has 4 aromatic heterocycles. The number of imidazole rings is 2. The van der Waals surface area contributed by atoms with Crippen molar-refractivity contribution < 1.29 is 0 Å². The Bertz CT molecular complexity index is 1780. The zero-order valence-corrected chi connectivity index (χ0v) is 23.1. The molecule has 0 aliphatic heterocycles. The van der Waals surface area contributed by atoms with Crippen molar-refractivity contribution in [2.75, 3.05) is 11.1 Å². The second kappa shape index (κ2) is 10.8. The molecular weight excluding hydrogens is 496 g/mol. The molecule has 0 saturated carbocycles. The van der Waals surface area contributed by atoms with E-state index in [0.29, 0.717) is 29.3 Å². The van der Waals surface area contributed by atoms with Gasteiger partial charge in [-0.15, -0.1) is 0 Å². The monoisotopic (exact) mass is 530 g/mol. The van der Waals surface area contributed by atoms with Crippen LogP contribution in [-0.4, -0.2) is 34.8 Å². The van der Waals surface area contributed by atoms with Gasteiger partial charge in [0.05, 0.1) is 11.4 Å². The maximum atomic E-state index is 5.82. The minimum atomic E-state index is 0.322. The van der Waals surface area contributed by atoms with Gasteiger partial charge in [-0.25, -0.2) is 9.97 Å². The van der Waals surface area contributed by atoms with Crippen LogP contribution in [0.5, 0.6) is 0 Å². The molecule has 1 unspecified atom stereocenters. The van der Waals surface area contributed by atoms with Crippen molar-refractivity contribution in [3.8, 4) is 22.5 Å². The Morgan fingerprint density at radius 3 is 2.08 bits per heavy atom. The molecule has 0 aliphatic carbocycles. The minimum absolute atomic E-state index is 0.322. The maximum absolute atomic E-state index is 5.82. The van der Waals surface area contributed by atoms with E-state index in [1.807, 2.05) is 39.7 Å². The van der Waals surface area contributed by atoms with Crippen molar-refractivity contribution in [1.82, 2.24) is 28.7 Å². The Balaban J connectivity index is 1.11. The van der Waals surface area contributed by atoms with Crippen LogP contribution < -0.4 is 11.1 Å². The van der Waals surface area contributed by atoms with Gasteiger partial charge < -0.3 is 11.1 Å².